The summed E-state index contributed by atoms with van der Waals surface area (Å²) in [7, 11) is 0. The molecule has 1 aliphatic carbocycles. The lowest BCUT2D eigenvalue weighted by atomic mass is 10.2. The number of hydrogen-bond acceptors (Lipinski definition) is 4. The van der Waals surface area contributed by atoms with Crippen LogP contribution in [0.3, 0.4) is 0 Å². The molecule has 1 fully saturated rings. The van der Waals surface area contributed by atoms with Crippen LogP contribution in [0.4, 0.5) is 5.82 Å². The van der Waals surface area contributed by atoms with Crippen LogP contribution in [0.15, 0.2) is 29.8 Å². The van der Waals surface area contributed by atoms with Crippen molar-refractivity contribution in [3.63, 3.8) is 0 Å². The lowest BCUT2D eigenvalue weighted by molar-refractivity contribution is -0.115. The predicted octanol–water partition coefficient (Wildman–Crippen LogP) is 3.35. The van der Waals surface area contributed by atoms with Crippen molar-refractivity contribution < 1.29 is 4.79 Å². The average Bonchev–Trinajstić information content (AvgIpc) is 3.24. The number of amides is 1. The van der Waals surface area contributed by atoms with Crippen molar-refractivity contribution in [2.75, 3.05) is 11.9 Å². The maximum absolute atomic E-state index is 12.1. The normalized spacial score (nSPS) is 16.8. The van der Waals surface area contributed by atoms with Gasteiger partial charge in [-0.1, -0.05) is 18.9 Å². The van der Waals surface area contributed by atoms with Crippen molar-refractivity contribution in [2.45, 2.75) is 44.7 Å². The zero-order valence-corrected chi connectivity index (χ0v) is 13.6. The van der Waals surface area contributed by atoms with E-state index in [0.717, 1.165) is 18.7 Å². The molecule has 1 amide bonds. The minimum atomic E-state index is -0.0249. The first-order valence-electron chi connectivity index (χ1n) is 7.84. The largest absolute Gasteiger partial charge is 0.310 e. The second-order valence-corrected chi connectivity index (χ2v) is 6.74. The Kier molecular flexibility index (Phi) is 4.90. The Balaban J connectivity index is 1.53. The van der Waals surface area contributed by atoms with Crippen LogP contribution < -0.4 is 10.6 Å². The number of aromatic nitrogens is 2. The SMILES string of the molecule is C[C@H](NCC(=O)Nc1ccnn1C1CCCC1)c1cccs1. The van der Waals surface area contributed by atoms with Crippen LogP contribution in [-0.2, 0) is 4.79 Å². The Hall–Kier alpha value is -1.66. The molecular weight excluding hydrogens is 296 g/mol. The quantitative estimate of drug-likeness (QED) is 0.859. The van der Waals surface area contributed by atoms with Crippen molar-refractivity contribution >= 4 is 23.1 Å². The van der Waals surface area contributed by atoms with Gasteiger partial charge in [-0.2, -0.15) is 5.10 Å². The van der Waals surface area contributed by atoms with Gasteiger partial charge in [0.15, 0.2) is 0 Å². The Labute approximate surface area is 134 Å². The molecule has 0 bridgehead atoms. The number of rotatable bonds is 6. The molecule has 2 N–H and O–H groups in total. The van der Waals surface area contributed by atoms with Gasteiger partial charge in [-0.3, -0.25) is 4.79 Å². The molecule has 6 heteroatoms. The second kappa shape index (κ2) is 7.07. The van der Waals surface area contributed by atoms with Crippen molar-refractivity contribution in [3.05, 3.63) is 34.7 Å². The Morgan fingerprint density at radius 3 is 3.00 bits per heavy atom. The maximum Gasteiger partial charge on any atom is 0.239 e. The monoisotopic (exact) mass is 318 g/mol. The fourth-order valence-corrected chi connectivity index (χ4v) is 3.68. The molecule has 5 nitrogen and oxygen atoms in total. The van der Waals surface area contributed by atoms with Gasteiger partial charge in [-0.05, 0) is 31.2 Å². The number of carbonyl (C=O) groups is 1. The van der Waals surface area contributed by atoms with Crippen LogP contribution in [0.1, 0.15) is 49.6 Å². The number of thiophene rings is 1. The standard InChI is InChI=1S/C16H22N4OS/c1-12(14-7-4-10-22-14)17-11-16(21)19-15-8-9-18-20(15)13-5-2-3-6-13/h4,7-10,12-13,17H,2-3,5-6,11H2,1H3,(H,19,21)/t12-/m0/s1. The third kappa shape index (κ3) is 3.56. The second-order valence-electron chi connectivity index (χ2n) is 5.77. The van der Waals surface area contributed by atoms with Crippen molar-refractivity contribution in [2.24, 2.45) is 0 Å². The van der Waals surface area contributed by atoms with Gasteiger partial charge in [-0.15, -0.1) is 11.3 Å². The molecule has 0 spiro atoms. The molecule has 0 unspecified atom stereocenters. The summed E-state index contributed by atoms with van der Waals surface area (Å²) < 4.78 is 1.97. The zero-order chi connectivity index (χ0) is 15.4. The van der Waals surface area contributed by atoms with Crippen LogP contribution >= 0.6 is 11.3 Å². The lowest BCUT2D eigenvalue weighted by Crippen LogP contribution is -2.30. The highest BCUT2D eigenvalue weighted by Crippen LogP contribution is 2.31. The molecule has 0 aromatic carbocycles. The van der Waals surface area contributed by atoms with Crippen molar-refractivity contribution in [1.29, 1.82) is 0 Å². The summed E-state index contributed by atoms with van der Waals surface area (Å²) in [6.07, 6.45) is 6.56. The zero-order valence-electron chi connectivity index (χ0n) is 12.8. The maximum atomic E-state index is 12.1. The number of carbonyl (C=O) groups excluding carboxylic acids is 1. The third-order valence-corrected chi connectivity index (χ3v) is 5.20. The highest BCUT2D eigenvalue weighted by molar-refractivity contribution is 7.10. The van der Waals surface area contributed by atoms with E-state index in [4.69, 9.17) is 0 Å². The molecule has 0 saturated heterocycles. The predicted molar refractivity (Wildman–Crippen MR) is 89.1 cm³/mol. The van der Waals surface area contributed by atoms with Crippen LogP contribution in [0, 0.1) is 0 Å². The molecule has 118 valence electrons. The van der Waals surface area contributed by atoms with E-state index < -0.39 is 0 Å². The Morgan fingerprint density at radius 2 is 2.27 bits per heavy atom. The summed E-state index contributed by atoms with van der Waals surface area (Å²) in [5, 5.41) is 12.6. The van der Waals surface area contributed by atoms with Gasteiger partial charge in [0.1, 0.15) is 5.82 Å². The summed E-state index contributed by atoms with van der Waals surface area (Å²) >= 11 is 1.70. The summed E-state index contributed by atoms with van der Waals surface area (Å²) in [5.41, 5.74) is 0. The molecule has 0 radical (unpaired) electrons. The first kappa shape index (κ1) is 15.2. The van der Waals surface area contributed by atoms with Crippen LogP contribution in [-0.4, -0.2) is 22.2 Å². The first-order chi connectivity index (χ1) is 10.7. The molecule has 2 heterocycles. The van der Waals surface area contributed by atoms with E-state index in [1.54, 1.807) is 17.5 Å². The molecule has 2 aromatic rings. The molecule has 22 heavy (non-hydrogen) atoms. The van der Waals surface area contributed by atoms with Crippen molar-refractivity contribution in [3.8, 4) is 0 Å². The summed E-state index contributed by atoms with van der Waals surface area (Å²) in [4.78, 5) is 13.4. The topological polar surface area (TPSA) is 59.0 Å². The molecular formula is C16H22N4OS. The van der Waals surface area contributed by atoms with E-state index >= 15 is 0 Å². The van der Waals surface area contributed by atoms with Crippen LogP contribution in [0.25, 0.3) is 0 Å². The van der Waals surface area contributed by atoms with E-state index in [2.05, 4.69) is 28.7 Å². The average molecular weight is 318 g/mol. The first-order valence-corrected chi connectivity index (χ1v) is 8.72. The highest BCUT2D eigenvalue weighted by Gasteiger charge is 2.20. The fourth-order valence-electron chi connectivity index (χ4n) is 2.92. The van der Waals surface area contributed by atoms with Gasteiger partial charge in [0.05, 0.1) is 18.8 Å². The van der Waals surface area contributed by atoms with Crippen LogP contribution in [0.2, 0.25) is 0 Å². The fraction of sp³-hybridized carbons (Fsp3) is 0.500. The molecule has 0 aliphatic heterocycles. The van der Waals surface area contributed by atoms with Gasteiger partial charge in [0, 0.05) is 17.0 Å². The molecule has 1 saturated carbocycles. The van der Waals surface area contributed by atoms with E-state index in [-0.39, 0.29) is 11.9 Å². The van der Waals surface area contributed by atoms with Crippen molar-refractivity contribution in [1.82, 2.24) is 15.1 Å². The molecule has 2 aromatic heterocycles. The van der Waals surface area contributed by atoms with Gasteiger partial charge in [0.2, 0.25) is 5.91 Å². The Bertz CT molecular complexity index is 601. The van der Waals surface area contributed by atoms with Gasteiger partial charge in [0.25, 0.3) is 0 Å². The lowest BCUT2D eigenvalue weighted by Gasteiger charge is -2.16. The number of hydrogen-bond donors (Lipinski definition) is 2. The number of nitrogens with one attached hydrogen (secondary N) is 2. The number of anilines is 1. The van der Waals surface area contributed by atoms with Crippen LogP contribution in [0.5, 0.6) is 0 Å². The van der Waals surface area contributed by atoms with E-state index in [9.17, 15) is 4.79 Å². The summed E-state index contributed by atoms with van der Waals surface area (Å²) in [6.45, 7) is 2.37. The third-order valence-electron chi connectivity index (χ3n) is 4.15. The summed E-state index contributed by atoms with van der Waals surface area (Å²) in [5.74, 6) is 0.783. The van der Waals surface area contributed by atoms with Gasteiger partial charge in [-0.25, -0.2) is 4.68 Å². The van der Waals surface area contributed by atoms with Gasteiger partial charge < -0.3 is 10.6 Å². The minimum Gasteiger partial charge on any atom is -0.310 e. The summed E-state index contributed by atoms with van der Waals surface area (Å²) in [6, 6.07) is 6.60. The Morgan fingerprint density at radius 1 is 1.45 bits per heavy atom. The van der Waals surface area contributed by atoms with E-state index in [1.165, 1.54) is 17.7 Å². The number of nitrogens with zero attached hydrogens (tertiary/aromatic N) is 2. The molecule has 1 aliphatic rings. The smallest absolute Gasteiger partial charge is 0.239 e. The van der Waals surface area contributed by atoms with E-state index in [0.29, 0.717) is 12.6 Å². The van der Waals surface area contributed by atoms with E-state index in [1.807, 2.05) is 22.2 Å². The minimum absolute atomic E-state index is 0.0249. The molecule has 1 atom stereocenters. The molecule has 3 rings (SSSR count). The highest BCUT2D eigenvalue weighted by atomic mass is 32.1. The van der Waals surface area contributed by atoms with Gasteiger partial charge >= 0.3 is 0 Å².